The van der Waals surface area contributed by atoms with Crippen LogP contribution in [-0.4, -0.2) is 12.5 Å². The molecular weight excluding hydrogens is 264 g/mol. The Labute approximate surface area is 122 Å². The van der Waals surface area contributed by atoms with Gasteiger partial charge in [0.15, 0.2) is 0 Å². The monoisotopic (exact) mass is 280 g/mol. The van der Waals surface area contributed by atoms with Gasteiger partial charge in [-0.05, 0) is 29.3 Å². The zero-order valence-corrected chi connectivity index (χ0v) is 11.6. The number of nitrogens with zero attached hydrogens (tertiary/aromatic N) is 1. The number of benzene rings is 2. The van der Waals surface area contributed by atoms with Crippen LogP contribution in [-0.2, 0) is 11.4 Å². The van der Waals surface area contributed by atoms with Crippen molar-refractivity contribution in [3.8, 4) is 5.75 Å². The van der Waals surface area contributed by atoms with Crippen molar-refractivity contribution in [1.29, 1.82) is 0 Å². The van der Waals surface area contributed by atoms with Gasteiger partial charge in [0.05, 0.1) is 18.3 Å². The van der Waals surface area contributed by atoms with Crippen LogP contribution in [0.15, 0.2) is 53.5 Å². The van der Waals surface area contributed by atoms with E-state index in [1.165, 1.54) is 0 Å². The molecule has 4 heteroatoms. The second-order valence-corrected chi connectivity index (χ2v) is 5.02. The largest absolute Gasteiger partial charge is 0.489 e. The lowest BCUT2D eigenvalue weighted by Gasteiger charge is -2.06. The molecule has 2 N–H and O–H groups in total. The number of nitrogens with two attached hydrogens (primary N) is 1. The van der Waals surface area contributed by atoms with Crippen LogP contribution in [0.3, 0.4) is 0 Å². The van der Waals surface area contributed by atoms with E-state index in [2.05, 4.69) is 4.99 Å². The van der Waals surface area contributed by atoms with E-state index >= 15 is 0 Å². The molecule has 0 aromatic heterocycles. The van der Waals surface area contributed by atoms with Crippen LogP contribution >= 0.6 is 0 Å². The lowest BCUT2D eigenvalue weighted by atomic mass is 10.1. The smallest absolute Gasteiger partial charge is 0.221 e. The minimum atomic E-state index is -0.330. The van der Waals surface area contributed by atoms with Crippen LogP contribution < -0.4 is 21.0 Å². The van der Waals surface area contributed by atoms with E-state index in [0.29, 0.717) is 13.2 Å². The molecule has 1 aliphatic heterocycles. The molecule has 0 saturated carbocycles. The Morgan fingerprint density at radius 2 is 2.00 bits per heavy atom. The first-order valence-corrected chi connectivity index (χ1v) is 6.84. The van der Waals surface area contributed by atoms with E-state index in [9.17, 15) is 4.79 Å². The first kappa shape index (κ1) is 13.4. The Kier molecular flexibility index (Phi) is 3.69. The second kappa shape index (κ2) is 5.79. The van der Waals surface area contributed by atoms with Crippen molar-refractivity contribution in [3.05, 3.63) is 64.7 Å². The van der Waals surface area contributed by atoms with Gasteiger partial charge in [-0.25, -0.2) is 0 Å². The maximum Gasteiger partial charge on any atom is 0.221 e. The van der Waals surface area contributed by atoms with Crippen LogP contribution in [0.1, 0.15) is 12.0 Å². The average molecular weight is 280 g/mol. The van der Waals surface area contributed by atoms with Crippen molar-refractivity contribution in [2.24, 2.45) is 10.7 Å². The van der Waals surface area contributed by atoms with Gasteiger partial charge in [-0.15, -0.1) is 0 Å². The Morgan fingerprint density at radius 1 is 1.19 bits per heavy atom. The molecule has 0 unspecified atom stereocenters. The topological polar surface area (TPSA) is 64.7 Å². The summed E-state index contributed by atoms with van der Waals surface area (Å²) in [5, 5.41) is 1.87. The molecule has 0 bridgehead atoms. The molecule has 0 fully saturated rings. The summed E-state index contributed by atoms with van der Waals surface area (Å²) in [5.74, 6) is 0.445. The highest BCUT2D eigenvalue weighted by molar-refractivity contribution is 5.83. The molecule has 1 amide bonds. The van der Waals surface area contributed by atoms with Gasteiger partial charge in [0.25, 0.3) is 0 Å². The van der Waals surface area contributed by atoms with Gasteiger partial charge in [0, 0.05) is 5.22 Å². The fourth-order valence-electron chi connectivity index (χ4n) is 2.39. The number of ether oxygens (including phenoxy) is 1. The molecule has 0 saturated heterocycles. The minimum absolute atomic E-state index is 0.249. The van der Waals surface area contributed by atoms with Gasteiger partial charge in [-0.1, -0.05) is 30.3 Å². The number of hydrogen-bond donors (Lipinski definition) is 1. The number of primary amides is 1. The summed E-state index contributed by atoms with van der Waals surface area (Å²) in [6, 6.07) is 15.7. The zero-order valence-electron chi connectivity index (χ0n) is 11.6. The molecule has 1 aliphatic rings. The number of hydrogen-bond acceptors (Lipinski definition) is 3. The van der Waals surface area contributed by atoms with Gasteiger partial charge < -0.3 is 10.5 Å². The maximum atomic E-state index is 11.1. The first-order valence-electron chi connectivity index (χ1n) is 6.84. The molecule has 1 heterocycles. The molecule has 0 spiro atoms. The Morgan fingerprint density at radius 3 is 2.76 bits per heavy atom. The van der Waals surface area contributed by atoms with Crippen molar-refractivity contribution in [2.75, 3.05) is 6.54 Å². The summed E-state index contributed by atoms with van der Waals surface area (Å²) in [6.07, 6.45) is 0.249. The average Bonchev–Trinajstić information content (AvgIpc) is 2.88. The van der Waals surface area contributed by atoms with Crippen molar-refractivity contribution in [1.82, 2.24) is 0 Å². The highest BCUT2D eigenvalue weighted by Gasteiger charge is 2.10. The van der Waals surface area contributed by atoms with E-state index < -0.39 is 0 Å². The van der Waals surface area contributed by atoms with Crippen LogP contribution in [0.4, 0.5) is 0 Å². The minimum Gasteiger partial charge on any atom is -0.489 e. The Balaban J connectivity index is 1.83. The maximum absolute atomic E-state index is 11.1. The fourth-order valence-corrected chi connectivity index (χ4v) is 2.39. The molecule has 106 valence electrons. The van der Waals surface area contributed by atoms with E-state index in [4.69, 9.17) is 10.5 Å². The molecule has 3 rings (SSSR count). The predicted molar refractivity (Wildman–Crippen MR) is 80.1 cm³/mol. The standard InChI is InChI=1S/C17H16N2O2/c18-17(20)8-13-10-19-16-7-6-14(9-15(13)16)21-11-12-4-2-1-3-5-12/h1-7,9H,8,10-11H2,(H2,18,20). The second-order valence-electron chi connectivity index (χ2n) is 5.02. The quantitative estimate of drug-likeness (QED) is 0.885. The highest BCUT2D eigenvalue weighted by Crippen LogP contribution is 2.11. The van der Waals surface area contributed by atoms with Crippen LogP contribution in [0.2, 0.25) is 0 Å². The van der Waals surface area contributed by atoms with Gasteiger partial charge in [0.1, 0.15) is 12.4 Å². The Hall–Kier alpha value is -2.62. The lowest BCUT2D eigenvalue weighted by Crippen LogP contribution is -2.24. The number of carbonyl (C=O) groups excluding carboxylic acids is 1. The molecule has 2 aromatic rings. The van der Waals surface area contributed by atoms with Gasteiger partial charge in [-0.2, -0.15) is 0 Å². The molecule has 0 aliphatic carbocycles. The predicted octanol–water partition coefficient (Wildman–Crippen LogP) is 0.925. The molecule has 2 aromatic carbocycles. The number of fused-ring (bicyclic) bond motifs is 1. The van der Waals surface area contributed by atoms with Crippen molar-refractivity contribution in [2.45, 2.75) is 13.0 Å². The number of rotatable bonds is 5. The third kappa shape index (κ3) is 3.11. The SMILES string of the molecule is NC(=O)CC1=c2cc(OCc3ccccc3)ccc2=NC1. The molecule has 0 radical (unpaired) electrons. The fraction of sp³-hybridized carbons (Fsp3) is 0.176. The normalized spacial score (nSPS) is 12.7. The lowest BCUT2D eigenvalue weighted by molar-refractivity contribution is -0.117. The van der Waals surface area contributed by atoms with Crippen LogP contribution in [0.5, 0.6) is 5.75 Å². The third-order valence-electron chi connectivity index (χ3n) is 3.43. The molecule has 0 atom stereocenters. The van der Waals surface area contributed by atoms with Crippen molar-refractivity contribution >= 4 is 11.5 Å². The summed E-state index contributed by atoms with van der Waals surface area (Å²) in [4.78, 5) is 15.5. The molecule has 21 heavy (non-hydrogen) atoms. The van der Waals surface area contributed by atoms with Crippen LogP contribution in [0, 0.1) is 0 Å². The zero-order chi connectivity index (χ0) is 14.7. The van der Waals surface area contributed by atoms with E-state index in [0.717, 1.165) is 27.5 Å². The van der Waals surface area contributed by atoms with Crippen molar-refractivity contribution < 1.29 is 9.53 Å². The van der Waals surface area contributed by atoms with Crippen molar-refractivity contribution in [3.63, 3.8) is 0 Å². The number of carbonyl (C=O) groups is 1. The Bertz CT molecular complexity index is 782. The van der Waals surface area contributed by atoms with Crippen LogP contribution in [0.25, 0.3) is 5.57 Å². The van der Waals surface area contributed by atoms with E-state index in [-0.39, 0.29) is 12.3 Å². The van der Waals surface area contributed by atoms with E-state index in [1.54, 1.807) is 0 Å². The highest BCUT2D eigenvalue weighted by atomic mass is 16.5. The van der Waals surface area contributed by atoms with Gasteiger partial charge in [0.2, 0.25) is 5.91 Å². The summed E-state index contributed by atoms with van der Waals surface area (Å²) in [7, 11) is 0. The third-order valence-corrected chi connectivity index (χ3v) is 3.43. The summed E-state index contributed by atoms with van der Waals surface area (Å²) >= 11 is 0. The molecular formula is C17H16N2O2. The van der Waals surface area contributed by atoms with E-state index in [1.807, 2.05) is 48.5 Å². The van der Waals surface area contributed by atoms with Gasteiger partial charge >= 0.3 is 0 Å². The molecule has 4 nitrogen and oxygen atoms in total. The summed E-state index contributed by atoms with van der Waals surface area (Å²) in [5.41, 5.74) is 7.35. The first-order chi connectivity index (χ1) is 10.2. The number of amides is 1. The summed E-state index contributed by atoms with van der Waals surface area (Å²) in [6.45, 7) is 1.06. The van der Waals surface area contributed by atoms with Gasteiger partial charge in [-0.3, -0.25) is 9.79 Å². The summed E-state index contributed by atoms with van der Waals surface area (Å²) < 4.78 is 5.80.